The van der Waals surface area contributed by atoms with Crippen LogP contribution in [-0.4, -0.2) is 49.7 Å². The van der Waals surface area contributed by atoms with E-state index in [0.29, 0.717) is 0 Å². The minimum Gasteiger partial charge on any atom is -0.495 e. The number of rotatable bonds is 5. The fourth-order valence-electron chi connectivity index (χ4n) is 2.75. The van der Waals surface area contributed by atoms with Crippen molar-refractivity contribution >= 4 is 27.8 Å². The average molecular weight is 388 g/mol. The largest absolute Gasteiger partial charge is 0.495 e. The third-order valence-electron chi connectivity index (χ3n) is 4.20. The van der Waals surface area contributed by atoms with Crippen molar-refractivity contribution in [2.45, 2.75) is 0 Å². The van der Waals surface area contributed by atoms with Crippen molar-refractivity contribution in [1.29, 1.82) is 0 Å². The minimum absolute atomic E-state index is 0.801. The molecule has 1 saturated heterocycles. The van der Waals surface area contributed by atoms with E-state index in [1.807, 2.05) is 12.1 Å². The zero-order valence-electron chi connectivity index (χ0n) is 13.9. The number of pyridine rings is 1. The highest BCUT2D eigenvalue weighted by molar-refractivity contribution is 9.10. The molecule has 2 aromatic rings. The summed E-state index contributed by atoms with van der Waals surface area (Å²) < 4.78 is 6.28. The van der Waals surface area contributed by atoms with Crippen LogP contribution in [0.2, 0.25) is 0 Å². The highest BCUT2D eigenvalue weighted by Crippen LogP contribution is 2.17. The van der Waals surface area contributed by atoms with Crippen molar-refractivity contribution in [2.75, 3.05) is 44.7 Å². The molecule has 24 heavy (non-hydrogen) atoms. The molecular formula is C19H22BrN3O. The van der Waals surface area contributed by atoms with Crippen LogP contribution in [0.5, 0.6) is 5.75 Å². The Morgan fingerprint density at radius 1 is 1.08 bits per heavy atom. The first kappa shape index (κ1) is 17.0. The normalized spacial score (nSPS) is 15.8. The molecule has 0 aliphatic carbocycles. The zero-order valence-corrected chi connectivity index (χ0v) is 15.4. The van der Waals surface area contributed by atoms with Crippen LogP contribution in [0, 0.1) is 0 Å². The van der Waals surface area contributed by atoms with E-state index in [-0.39, 0.29) is 0 Å². The number of benzene rings is 1. The molecule has 0 N–H and O–H groups in total. The second-order valence-electron chi connectivity index (χ2n) is 5.80. The third kappa shape index (κ3) is 4.58. The van der Waals surface area contributed by atoms with E-state index in [1.165, 1.54) is 5.56 Å². The first-order valence-corrected chi connectivity index (χ1v) is 8.93. The number of halogens is 1. The summed E-state index contributed by atoms with van der Waals surface area (Å²) in [6.07, 6.45) is 6.21. The fourth-order valence-corrected chi connectivity index (χ4v) is 3.02. The molecule has 1 aromatic carbocycles. The van der Waals surface area contributed by atoms with Gasteiger partial charge in [0, 0.05) is 37.2 Å². The molecule has 0 spiro atoms. The maximum Gasteiger partial charge on any atom is 0.137 e. The Kier molecular flexibility index (Phi) is 5.88. The monoisotopic (exact) mass is 387 g/mol. The Hall–Kier alpha value is -1.85. The Labute approximate surface area is 151 Å². The van der Waals surface area contributed by atoms with Crippen molar-refractivity contribution in [3.8, 4) is 5.75 Å². The van der Waals surface area contributed by atoms with Crippen LogP contribution in [-0.2, 0) is 0 Å². The maximum atomic E-state index is 5.16. The predicted octanol–water partition coefficient (Wildman–Crippen LogP) is 3.69. The van der Waals surface area contributed by atoms with Gasteiger partial charge in [-0.15, -0.1) is 0 Å². The molecule has 1 fully saturated rings. The molecule has 0 bridgehead atoms. The average Bonchev–Trinajstić information content (AvgIpc) is 2.64. The van der Waals surface area contributed by atoms with E-state index in [4.69, 9.17) is 4.74 Å². The van der Waals surface area contributed by atoms with Crippen molar-refractivity contribution in [3.05, 3.63) is 58.7 Å². The van der Waals surface area contributed by atoms with Crippen LogP contribution in [0.1, 0.15) is 5.56 Å². The van der Waals surface area contributed by atoms with Crippen LogP contribution < -0.4 is 9.64 Å². The number of nitrogens with zero attached hydrogens (tertiary/aromatic N) is 3. The second-order valence-corrected chi connectivity index (χ2v) is 6.71. The lowest BCUT2D eigenvalue weighted by Gasteiger charge is -2.34. The second kappa shape index (κ2) is 8.31. The van der Waals surface area contributed by atoms with Gasteiger partial charge in [-0.2, -0.15) is 0 Å². The van der Waals surface area contributed by atoms with Gasteiger partial charge in [0.2, 0.25) is 0 Å². The molecule has 0 unspecified atom stereocenters. The summed E-state index contributed by atoms with van der Waals surface area (Å²) in [7, 11) is 1.66. The van der Waals surface area contributed by atoms with Crippen LogP contribution in [0.25, 0.3) is 6.08 Å². The Balaban J connectivity index is 1.47. The summed E-state index contributed by atoms with van der Waals surface area (Å²) in [5.41, 5.74) is 1.24. The van der Waals surface area contributed by atoms with Gasteiger partial charge in [-0.25, -0.2) is 4.98 Å². The molecule has 5 heteroatoms. The van der Waals surface area contributed by atoms with Crippen molar-refractivity contribution < 1.29 is 4.74 Å². The number of piperazine rings is 1. The van der Waals surface area contributed by atoms with E-state index in [2.05, 4.69) is 67.1 Å². The Bertz CT molecular complexity index is 662. The van der Waals surface area contributed by atoms with Gasteiger partial charge in [0.25, 0.3) is 0 Å². The molecule has 0 atom stereocenters. The summed E-state index contributed by atoms with van der Waals surface area (Å²) in [4.78, 5) is 9.27. The van der Waals surface area contributed by atoms with Gasteiger partial charge in [0.05, 0.1) is 13.3 Å². The third-order valence-corrected chi connectivity index (χ3v) is 4.73. The van der Waals surface area contributed by atoms with Gasteiger partial charge in [0.1, 0.15) is 11.6 Å². The highest BCUT2D eigenvalue weighted by atomic mass is 79.9. The van der Waals surface area contributed by atoms with Crippen molar-refractivity contribution in [3.63, 3.8) is 0 Å². The standard InChI is InChI=1S/C19H22BrN3O/c1-24-18-8-9-19(21-15-18)23-13-11-22(12-14-23)10-2-3-16-4-6-17(20)7-5-16/h2-9,15H,10-14H2,1H3/b3-2+. The van der Waals surface area contributed by atoms with Gasteiger partial charge in [-0.05, 0) is 29.8 Å². The lowest BCUT2D eigenvalue weighted by molar-refractivity contribution is 0.283. The molecule has 0 saturated carbocycles. The number of aromatic nitrogens is 1. The number of anilines is 1. The first-order valence-electron chi connectivity index (χ1n) is 8.14. The molecule has 126 valence electrons. The summed E-state index contributed by atoms with van der Waals surface area (Å²) >= 11 is 3.46. The maximum absolute atomic E-state index is 5.16. The Morgan fingerprint density at radius 2 is 1.83 bits per heavy atom. The summed E-state index contributed by atoms with van der Waals surface area (Å²) in [5, 5.41) is 0. The number of ether oxygens (including phenoxy) is 1. The van der Waals surface area contributed by atoms with Gasteiger partial charge < -0.3 is 9.64 Å². The summed E-state index contributed by atoms with van der Waals surface area (Å²) in [6.45, 7) is 5.10. The highest BCUT2D eigenvalue weighted by Gasteiger charge is 2.16. The van der Waals surface area contributed by atoms with E-state index < -0.39 is 0 Å². The molecule has 3 rings (SSSR count). The fraction of sp³-hybridized carbons (Fsp3) is 0.316. The molecule has 4 nitrogen and oxygen atoms in total. The quantitative estimate of drug-likeness (QED) is 0.781. The summed E-state index contributed by atoms with van der Waals surface area (Å²) in [6, 6.07) is 12.4. The van der Waals surface area contributed by atoms with Gasteiger partial charge in [-0.1, -0.05) is 40.2 Å². The molecule has 1 aromatic heterocycles. The lowest BCUT2D eigenvalue weighted by atomic mass is 10.2. The van der Waals surface area contributed by atoms with E-state index in [9.17, 15) is 0 Å². The molecule has 0 amide bonds. The smallest absolute Gasteiger partial charge is 0.137 e. The predicted molar refractivity (Wildman–Crippen MR) is 103 cm³/mol. The molecule has 0 radical (unpaired) electrons. The first-order chi connectivity index (χ1) is 11.7. The van der Waals surface area contributed by atoms with E-state index in [1.54, 1.807) is 13.3 Å². The minimum atomic E-state index is 0.801. The van der Waals surface area contributed by atoms with E-state index in [0.717, 1.165) is 48.8 Å². The van der Waals surface area contributed by atoms with E-state index >= 15 is 0 Å². The molecule has 1 aliphatic heterocycles. The zero-order chi connectivity index (χ0) is 16.8. The lowest BCUT2D eigenvalue weighted by Crippen LogP contribution is -2.46. The van der Waals surface area contributed by atoms with Crippen LogP contribution >= 0.6 is 15.9 Å². The van der Waals surface area contributed by atoms with Gasteiger partial charge >= 0.3 is 0 Å². The number of methoxy groups -OCH3 is 1. The number of hydrogen-bond acceptors (Lipinski definition) is 4. The molecular weight excluding hydrogens is 366 g/mol. The SMILES string of the molecule is COc1ccc(N2CCN(C/C=C/c3ccc(Br)cc3)CC2)nc1. The van der Waals surface area contributed by atoms with Gasteiger partial charge in [0.15, 0.2) is 0 Å². The molecule has 1 aliphatic rings. The number of hydrogen-bond donors (Lipinski definition) is 0. The van der Waals surface area contributed by atoms with Gasteiger partial charge in [-0.3, -0.25) is 4.90 Å². The Morgan fingerprint density at radius 3 is 2.46 bits per heavy atom. The topological polar surface area (TPSA) is 28.6 Å². The van der Waals surface area contributed by atoms with Crippen molar-refractivity contribution in [1.82, 2.24) is 9.88 Å². The molecule has 2 heterocycles. The van der Waals surface area contributed by atoms with Crippen LogP contribution in [0.3, 0.4) is 0 Å². The van der Waals surface area contributed by atoms with Crippen molar-refractivity contribution in [2.24, 2.45) is 0 Å². The summed E-state index contributed by atoms with van der Waals surface area (Å²) in [5.74, 6) is 1.83. The van der Waals surface area contributed by atoms with Crippen LogP contribution in [0.15, 0.2) is 53.1 Å². The van der Waals surface area contributed by atoms with Crippen LogP contribution in [0.4, 0.5) is 5.82 Å².